The first-order chi connectivity index (χ1) is 12.1. The van der Waals surface area contributed by atoms with Crippen molar-refractivity contribution in [2.75, 3.05) is 13.2 Å². The molecule has 0 atom stereocenters. The summed E-state index contributed by atoms with van der Waals surface area (Å²) in [6, 6.07) is 9.77. The van der Waals surface area contributed by atoms with E-state index in [0.29, 0.717) is 11.1 Å². The lowest BCUT2D eigenvalue weighted by Crippen LogP contribution is -2.46. The van der Waals surface area contributed by atoms with E-state index < -0.39 is 11.4 Å². The highest BCUT2D eigenvalue weighted by Gasteiger charge is 2.37. The van der Waals surface area contributed by atoms with Gasteiger partial charge in [-0.3, -0.25) is 3.97 Å². The summed E-state index contributed by atoms with van der Waals surface area (Å²) in [6.45, 7) is 0.454. The van der Waals surface area contributed by atoms with Crippen LogP contribution in [0.1, 0.15) is 11.1 Å². The van der Waals surface area contributed by atoms with Gasteiger partial charge in [-0.05, 0) is 5.56 Å². The van der Waals surface area contributed by atoms with Crippen LogP contribution in [-0.2, 0) is 10.3 Å². The molecule has 1 aliphatic heterocycles. The fraction of sp³-hybridized carbons (Fsp3) is 0.176. The van der Waals surface area contributed by atoms with Crippen molar-refractivity contribution < 1.29 is 18.1 Å². The maximum atomic E-state index is 14.5. The Labute approximate surface area is 145 Å². The van der Waals surface area contributed by atoms with Gasteiger partial charge in [0.25, 0.3) is 0 Å². The molecule has 1 aromatic carbocycles. The molecule has 0 unspecified atom stereocenters. The third-order valence-electron chi connectivity index (χ3n) is 4.27. The van der Waals surface area contributed by atoms with E-state index in [0.717, 1.165) is 10.0 Å². The quantitative estimate of drug-likeness (QED) is 0.777. The molecule has 0 radical (unpaired) electrons. The lowest BCUT2D eigenvalue weighted by molar-refractivity contribution is -0.184. The van der Waals surface area contributed by atoms with E-state index in [2.05, 4.69) is 4.98 Å². The number of pyridine rings is 1. The van der Waals surface area contributed by atoms with Crippen LogP contribution in [0.2, 0.25) is 0 Å². The Balaban J connectivity index is 1.81. The molecule has 126 valence electrons. The molecule has 1 aliphatic rings. The number of aliphatic hydroxyl groups is 1. The van der Waals surface area contributed by atoms with Crippen molar-refractivity contribution in [2.45, 2.75) is 5.60 Å². The number of benzene rings is 1. The summed E-state index contributed by atoms with van der Waals surface area (Å²) in [5.41, 5.74) is 0.839. The summed E-state index contributed by atoms with van der Waals surface area (Å²) in [4.78, 5) is 4.22. The Hall–Kier alpha value is -2.47. The van der Waals surface area contributed by atoms with Crippen LogP contribution in [0, 0.1) is 17.1 Å². The Bertz CT molecular complexity index is 1010. The third-order valence-corrected chi connectivity index (χ3v) is 4.72. The van der Waals surface area contributed by atoms with Gasteiger partial charge in [0, 0.05) is 17.8 Å². The number of hydrogen-bond acceptors (Lipinski definition) is 5. The molecule has 0 bridgehead atoms. The zero-order chi connectivity index (χ0) is 17.6. The first kappa shape index (κ1) is 16.0. The van der Waals surface area contributed by atoms with Crippen LogP contribution in [0.3, 0.4) is 0 Å². The van der Waals surface area contributed by atoms with Crippen molar-refractivity contribution in [3.8, 4) is 17.3 Å². The number of rotatable bonds is 3. The fourth-order valence-electron chi connectivity index (χ4n) is 2.84. The van der Waals surface area contributed by atoms with Gasteiger partial charge in [0.05, 0.1) is 24.3 Å². The van der Waals surface area contributed by atoms with E-state index in [1.807, 2.05) is 6.07 Å². The van der Waals surface area contributed by atoms with Crippen molar-refractivity contribution in [2.24, 2.45) is 0 Å². The van der Waals surface area contributed by atoms with Crippen molar-refractivity contribution in [1.82, 2.24) is 8.96 Å². The second kappa shape index (κ2) is 5.81. The summed E-state index contributed by atoms with van der Waals surface area (Å²) in [7, 11) is 0. The normalized spacial score (nSPS) is 15.8. The first-order valence-corrected chi connectivity index (χ1v) is 8.05. The maximum Gasteiger partial charge on any atom is 0.169 e. The highest BCUT2D eigenvalue weighted by molar-refractivity contribution is 7.92. The zero-order valence-corrected chi connectivity index (χ0v) is 13.6. The number of nitriles is 1. The highest BCUT2D eigenvalue weighted by Crippen LogP contribution is 2.33. The second-order valence-electron chi connectivity index (χ2n) is 5.84. The van der Waals surface area contributed by atoms with E-state index >= 15 is 0 Å². The van der Waals surface area contributed by atoms with Crippen LogP contribution in [0.5, 0.6) is 0 Å². The van der Waals surface area contributed by atoms with Crippen molar-refractivity contribution in [3.63, 3.8) is 0 Å². The number of fused-ring (bicyclic) bond motifs is 1. The van der Waals surface area contributed by atoms with Crippen LogP contribution in [-0.4, -0.2) is 27.3 Å². The molecule has 1 N–H and O–H groups in total. The minimum atomic E-state index is -1.00. The molecule has 0 spiro atoms. The molecule has 1 fully saturated rings. The van der Waals surface area contributed by atoms with Gasteiger partial charge in [-0.25, -0.2) is 9.37 Å². The van der Waals surface area contributed by atoms with Gasteiger partial charge in [-0.15, -0.1) is 3.89 Å². The Kier molecular flexibility index (Phi) is 3.72. The van der Waals surface area contributed by atoms with Gasteiger partial charge in [0.2, 0.25) is 0 Å². The number of halogens is 2. The largest absolute Gasteiger partial charge is 0.380 e. The molecule has 25 heavy (non-hydrogen) atoms. The molecular weight excluding hydrogens is 348 g/mol. The van der Waals surface area contributed by atoms with E-state index in [9.17, 15) is 13.4 Å². The Morgan fingerprint density at radius 1 is 1.32 bits per heavy atom. The van der Waals surface area contributed by atoms with Gasteiger partial charge >= 0.3 is 0 Å². The highest BCUT2D eigenvalue weighted by atomic mass is 32.2. The lowest BCUT2D eigenvalue weighted by Gasteiger charge is -2.36. The maximum absolute atomic E-state index is 14.5. The number of hydrogen-bond donors (Lipinski definition) is 1. The molecule has 4 rings (SSSR count). The third kappa shape index (κ3) is 2.48. The molecule has 0 saturated carbocycles. The Morgan fingerprint density at radius 3 is 2.60 bits per heavy atom. The van der Waals surface area contributed by atoms with Crippen LogP contribution >= 0.6 is 12.3 Å². The predicted molar refractivity (Wildman–Crippen MR) is 88.7 cm³/mol. The van der Waals surface area contributed by atoms with Gasteiger partial charge in [0.15, 0.2) is 18.2 Å². The topological polar surface area (TPSA) is 71.1 Å². The molecule has 2 aromatic heterocycles. The van der Waals surface area contributed by atoms with Crippen molar-refractivity contribution >= 4 is 23.4 Å². The molecule has 0 aliphatic carbocycles. The molecule has 0 amide bonds. The van der Waals surface area contributed by atoms with Gasteiger partial charge in [-0.1, -0.05) is 24.3 Å². The molecular formula is C17H11F2N3O2S. The second-order valence-corrected chi connectivity index (χ2v) is 6.37. The minimum Gasteiger partial charge on any atom is -0.380 e. The van der Waals surface area contributed by atoms with Crippen LogP contribution in [0.4, 0.5) is 8.28 Å². The zero-order valence-electron chi connectivity index (χ0n) is 12.7. The van der Waals surface area contributed by atoms with E-state index in [1.54, 1.807) is 24.3 Å². The average Bonchev–Trinajstić information content (AvgIpc) is 2.96. The summed E-state index contributed by atoms with van der Waals surface area (Å²) in [6.07, 6.45) is 1.28. The summed E-state index contributed by atoms with van der Waals surface area (Å²) in [5.74, 6) is -0.621. The summed E-state index contributed by atoms with van der Waals surface area (Å²) in [5, 5.41) is 19.4. The van der Waals surface area contributed by atoms with Gasteiger partial charge < -0.3 is 9.84 Å². The van der Waals surface area contributed by atoms with Crippen LogP contribution in [0.25, 0.3) is 22.3 Å². The monoisotopic (exact) mass is 359 g/mol. The summed E-state index contributed by atoms with van der Waals surface area (Å²) < 4.78 is 33.5. The minimum absolute atomic E-state index is 0.0639. The first-order valence-electron chi connectivity index (χ1n) is 7.37. The smallest absolute Gasteiger partial charge is 0.169 e. The number of nitrogens with zero attached hydrogens (tertiary/aromatic N) is 3. The van der Waals surface area contributed by atoms with E-state index in [1.165, 1.54) is 6.20 Å². The number of aromatic nitrogens is 2. The van der Waals surface area contributed by atoms with Crippen LogP contribution < -0.4 is 0 Å². The molecule has 5 nitrogen and oxygen atoms in total. The molecule has 1 saturated heterocycles. The fourth-order valence-corrected chi connectivity index (χ4v) is 3.19. The molecule has 3 aromatic rings. The molecule has 8 heteroatoms. The van der Waals surface area contributed by atoms with Crippen LogP contribution in [0.15, 0.2) is 36.5 Å². The Morgan fingerprint density at radius 2 is 2.04 bits per heavy atom. The van der Waals surface area contributed by atoms with E-state index in [-0.39, 0.29) is 47.8 Å². The standard InChI is InChI=1S/C17H11F2N3O2S/c18-13-5-14-16(11(6-20)7-22(14)25-19)21-15(13)10-1-3-12(4-2-10)17(23)8-24-9-17/h1-5,7,23H,8-9H2. The average molecular weight is 359 g/mol. The van der Waals surface area contributed by atoms with E-state index in [4.69, 9.17) is 10.00 Å². The van der Waals surface area contributed by atoms with Gasteiger partial charge in [0.1, 0.15) is 22.9 Å². The lowest BCUT2D eigenvalue weighted by atomic mass is 9.91. The predicted octanol–water partition coefficient (Wildman–Crippen LogP) is 3.31. The number of ether oxygens (including phenoxy) is 1. The SMILES string of the molecule is N#Cc1cn(SF)c2cc(F)c(-c3ccc(C4(O)COC4)cc3)nc12. The molecule has 3 heterocycles. The van der Waals surface area contributed by atoms with Crippen molar-refractivity contribution in [3.05, 3.63) is 53.5 Å². The van der Waals surface area contributed by atoms with Gasteiger partial charge in [-0.2, -0.15) is 5.26 Å². The van der Waals surface area contributed by atoms with Crippen molar-refractivity contribution in [1.29, 1.82) is 5.26 Å². The summed E-state index contributed by atoms with van der Waals surface area (Å²) >= 11 is -0.122.